The molecule has 0 bridgehead atoms. The Hall–Kier alpha value is -1.84. The van der Waals surface area contributed by atoms with Crippen LogP contribution in [0.1, 0.15) is 31.0 Å². The predicted molar refractivity (Wildman–Crippen MR) is 135 cm³/mol. The van der Waals surface area contributed by atoms with Gasteiger partial charge in [-0.15, -0.1) is 24.0 Å². The van der Waals surface area contributed by atoms with Crippen LogP contribution in [0.3, 0.4) is 0 Å². The standard InChI is InChI=1S/C23H34N4O2.HI/c1-6-24-22(26-17-23(2,28)19-10-8-7-9-11-19)25-16-21(27(3)4)18-12-14-20(29-5)15-13-18;/h7-15,21,28H,6,16-17H2,1-5H3,(H2,24,25,26);1H. The van der Waals surface area contributed by atoms with E-state index in [1.54, 1.807) is 14.0 Å². The van der Waals surface area contributed by atoms with E-state index in [-0.39, 0.29) is 36.6 Å². The summed E-state index contributed by atoms with van der Waals surface area (Å²) in [7, 11) is 5.78. The van der Waals surface area contributed by atoms with Gasteiger partial charge in [0, 0.05) is 13.1 Å². The van der Waals surface area contributed by atoms with Crippen LogP contribution in [-0.4, -0.2) is 56.8 Å². The molecule has 6 nitrogen and oxygen atoms in total. The molecule has 0 spiro atoms. The molecule has 3 N–H and O–H groups in total. The van der Waals surface area contributed by atoms with Crippen molar-refractivity contribution in [3.8, 4) is 5.75 Å². The number of nitrogens with one attached hydrogen (secondary N) is 2. The zero-order chi connectivity index (χ0) is 21.3. The van der Waals surface area contributed by atoms with Crippen molar-refractivity contribution in [2.75, 3.05) is 40.8 Å². The van der Waals surface area contributed by atoms with Crippen LogP contribution in [0.25, 0.3) is 0 Å². The van der Waals surface area contributed by atoms with Crippen molar-refractivity contribution < 1.29 is 9.84 Å². The van der Waals surface area contributed by atoms with E-state index < -0.39 is 5.60 Å². The lowest BCUT2D eigenvalue weighted by molar-refractivity contribution is 0.0672. The van der Waals surface area contributed by atoms with Crippen LogP contribution in [0.5, 0.6) is 5.75 Å². The molecule has 2 atom stereocenters. The minimum Gasteiger partial charge on any atom is -0.497 e. The van der Waals surface area contributed by atoms with Crippen LogP contribution >= 0.6 is 24.0 Å². The number of aliphatic hydroxyl groups is 1. The monoisotopic (exact) mass is 526 g/mol. The zero-order valence-corrected chi connectivity index (χ0v) is 20.9. The summed E-state index contributed by atoms with van der Waals surface area (Å²) in [5.74, 6) is 1.53. The quantitative estimate of drug-likeness (QED) is 0.266. The Morgan fingerprint density at radius 3 is 2.27 bits per heavy atom. The summed E-state index contributed by atoms with van der Waals surface area (Å²) < 4.78 is 5.26. The smallest absolute Gasteiger partial charge is 0.191 e. The topological polar surface area (TPSA) is 69.1 Å². The number of nitrogens with zero attached hydrogens (tertiary/aromatic N) is 2. The highest BCUT2D eigenvalue weighted by Gasteiger charge is 2.23. The van der Waals surface area contributed by atoms with E-state index in [1.807, 2.05) is 49.4 Å². The predicted octanol–water partition coefficient (Wildman–Crippen LogP) is 3.38. The van der Waals surface area contributed by atoms with Gasteiger partial charge in [-0.05, 0) is 51.2 Å². The first kappa shape index (κ1) is 26.2. The summed E-state index contributed by atoms with van der Waals surface area (Å²) in [5, 5.41) is 17.5. The number of halogens is 1. The third-order valence-corrected chi connectivity index (χ3v) is 4.87. The fourth-order valence-electron chi connectivity index (χ4n) is 3.08. The summed E-state index contributed by atoms with van der Waals surface area (Å²) in [6.07, 6.45) is 0. The number of hydrogen-bond donors (Lipinski definition) is 3. The second-order valence-corrected chi connectivity index (χ2v) is 7.47. The first-order valence-corrected chi connectivity index (χ1v) is 9.98. The average Bonchev–Trinajstić information content (AvgIpc) is 2.73. The molecule has 7 heteroatoms. The Morgan fingerprint density at radius 1 is 1.10 bits per heavy atom. The molecule has 0 aliphatic heterocycles. The van der Waals surface area contributed by atoms with E-state index in [2.05, 4.69) is 46.8 Å². The molecule has 0 aromatic heterocycles. The summed E-state index contributed by atoms with van der Waals surface area (Å²) in [6.45, 7) is 5.50. The molecular weight excluding hydrogens is 491 g/mol. The van der Waals surface area contributed by atoms with Crippen LogP contribution in [0, 0.1) is 0 Å². The van der Waals surface area contributed by atoms with Gasteiger partial charge in [0.05, 0.1) is 19.7 Å². The van der Waals surface area contributed by atoms with Gasteiger partial charge in [-0.1, -0.05) is 42.5 Å². The number of ether oxygens (including phenoxy) is 1. The van der Waals surface area contributed by atoms with Gasteiger partial charge in [-0.25, -0.2) is 4.99 Å². The molecule has 2 unspecified atom stereocenters. The summed E-state index contributed by atoms with van der Waals surface area (Å²) in [4.78, 5) is 6.78. The molecule has 0 heterocycles. The first-order valence-electron chi connectivity index (χ1n) is 9.98. The molecule has 2 aromatic rings. The van der Waals surface area contributed by atoms with E-state index in [9.17, 15) is 5.11 Å². The first-order chi connectivity index (χ1) is 13.9. The number of hydrogen-bond acceptors (Lipinski definition) is 4. The van der Waals surface area contributed by atoms with Gasteiger partial charge in [0.15, 0.2) is 5.96 Å². The molecule has 0 radical (unpaired) electrons. The Bertz CT molecular complexity index is 765. The molecular formula is C23H35IN4O2. The summed E-state index contributed by atoms with van der Waals surface area (Å²) >= 11 is 0. The summed E-state index contributed by atoms with van der Waals surface area (Å²) in [6, 6.07) is 17.9. The molecule has 0 aliphatic carbocycles. The molecule has 0 saturated heterocycles. The minimum absolute atomic E-state index is 0. The van der Waals surface area contributed by atoms with Crippen molar-refractivity contribution in [1.29, 1.82) is 0 Å². The van der Waals surface area contributed by atoms with Gasteiger partial charge in [-0.2, -0.15) is 0 Å². The van der Waals surface area contributed by atoms with Crippen LogP contribution in [0.15, 0.2) is 59.6 Å². The van der Waals surface area contributed by atoms with Crippen LogP contribution in [-0.2, 0) is 5.60 Å². The Morgan fingerprint density at radius 2 is 1.73 bits per heavy atom. The van der Waals surface area contributed by atoms with Gasteiger partial charge in [0.25, 0.3) is 0 Å². The van der Waals surface area contributed by atoms with E-state index in [0.717, 1.165) is 17.9 Å². The van der Waals surface area contributed by atoms with Crippen molar-refractivity contribution in [1.82, 2.24) is 15.5 Å². The highest BCUT2D eigenvalue weighted by molar-refractivity contribution is 14.0. The van der Waals surface area contributed by atoms with Gasteiger partial charge in [0.1, 0.15) is 11.4 Å². The number of guanidine groups is 1. The Kier molecular flexibility index (Phi) is 11.1. The maximum Gasteiger partial charge on any atom is 0.191 e. The van der Waals surface area contributed by atoms with Gasteiger partial charge >= 0.3 is 0 Å². The zero-order valence-electron chi connectivity index (χ0n) is 18.6. The lowest BCUT2D eigenvalue weighted by atomic mass is 9.96. The van der Waals surface area contributed by atoms with Crippen molar-refractivity contribution in [3.63, 3.8) is 0 Å². The van der Waals surface area contributed by atoms with E-state index in [0.29, 0.717) is 12.5 Å². The van der Waals surface area contributed by atoms with Crippen molar-refractivity contribution in [3.05, 3.63) is 65.7 Å². The third kappa shape index (κ3) is 7.77. The number of rotatable bonds is 9. The molecule has 2 aromatic carbocycles. The second-order valence-electron chi connectivity index (χ2n) is 7.47. The van der Waals surface area contributed by atoms with E-state index in [1.165, 1.54) is 5.56 Å². The molecule has 0 aliphatic rings. The fourth-order valence-corrected chi connectivity index (χ4v) is 3.08. The lowest BCUT2D eigenvalue weighted by Gasteiger charge is -2.27. The second kappa shape index (κ2) is 12.8. The third-order valence-electron chi connectivity index (χ3n) is 4.87. The largest absolute Gasteiger partial charge is 0.497 e. The normalized spacial score (nSPS) is 14.4. The SMILES string of the molecule is CCNC(=NCC(C)(O)c1ccccc1)NCC(c1ccc(OC)cc1)N(C)C.I. The van der Waals surface area contributed by atoms with Crippen molar-refractivity contribution in [2.24, 2.45) is 4.99 Å². The molecule has 166 valence electrons. The molecule has 0 amide bonds. The maximum absolute atomic E-state index is 10.8. The minimum atomic E-state index is -1.03. The Balaban J connectivity index is 0.00000450. The van der Waals surface area contributed by atoms with E-state index in [4.69, 9.17) is 4.74 Å². The van der Waals surface area contributed by atoms with Crippen LogP contribution < -0.4 is 15.4 Å². The molecule has 0 saturated carbocycles. The van der Waals surface area contributed by atoms with E-state index >= 15 is 0 Å². The van der Waals surface area contributed by atoms with Crippen LogP contribution in [0.4, 0.5) is 0 Å². The average molecular weight is 526 g/mol. The van der Waals surface area contributed by atoms with Crippen molar-refractivity contribution in [2.45, 2.75) is 25.5 Å². The Labute approximate surface area is 197 Å². The van der Waals surface area contributed by atoms with Crippen LogP contribution in [0.2, 0.25) is 0 Å². The van der Waals surface area contributed by atoms with Crippen molar-refractivity contribution >= 4 is 29.9 Å². The van der Waals surface area contributed by atoms with Gasteiger partial charge in [0.2, 0.25) is 0 Å². The molecule has 0 fully saturated rings. The van der Waals surface area contributed by atoms with Gasteiger partial charge < -0.3 is 25.4 Å². The number of methoxy groups -OCH3 is 1. The number of benzene rings is 2. The highest BCUT2D eigenvalue weighted by atomic mass is 127. The molecule has 2 rings (SSSR count). The lowest BCUT2D eigenvalue weighted by Crippen LogP contribution is -2.42. The fraction of sp³-hybridized carbons (Fsp3) is 0.435. The number of likely N-dealkylation sites (N-methyl/N-ethyl adjacent to an activating group) is 1. The number of aliphatic imine (C=N–C) groups is 1. The maximum atomic E-state index is 10.8. The van der Waals surface area contributed by atoms with Gasteiger partial charge in [-0.3, -0.25) is 0 Å². The highest BCUT2D eigenvalue weighted by Crippen LogP contribution is 2.22. The summed E-state index contributed by atoms with van der Waals surface area (Å²) in [5.41, 5.74) is 1.01. The molecule has 30 heavy (non-hydrogen) atoms.